The fraction of sp³-hybridized carbons (Fsp3) is 0. The van der Waals surface area contributed by atoms with E-state index in [9.17, 15) is 14.0 Å². The summed E-state index contributed by atoms with van der Waals surface area (Å²) in [4.78, 5) is 25.0. The molecule has 0 spiro atoms. The largest absolute Gasteiger partial charge is 0.419 e. The monoisotopic (exact) mass is 309 g/mol. The Hall–Kier alpha value is -1.95. The van der Waals surface area contributed by atoms with Crippen LogP contribution in [0.3, 0.4) is 0 Å². The van der Waals surface area contributed by atoms with Gasteiger partial charge < -0.3 is 4.42 Å². The van der Waals surface area contributed by atoms with Gasteiger partial charge in [-0.05, 0) is 51.0 Å². The van der Waals surface area contributed by atoms with E-state index in [4.69, 9.17) is 0 Å². The lowest BCUT2D eigenvalue weighted by atomic mass is 10.1. The molecule has 0 bridgehead atoms. The lowest BCUT2D eigenvalue weighted by Gasteiger charge is -2.02. The van der Waals surface area contributed by atoms with E-state index in [1.165, 1.54) is 12.1 Å². The van der Waals surface area contributed by atoms with Crippen LogP contribution in [0, 0.1) is 5.82 Å². The zero-order valence-corrected chi connectivity index (χ0v) is 10.4. The van der Waals surface area contributed by atoms with E-state index >= 15 is 0 Å². The van der Waals surface area contributed by atoms with E-state index in [-0.39, 0.29) is 5.39 Å². The SMILES string of the molecule is O=c1[nH]c2cc3cc(Br)c(F)cc3cc2c(=O)o1. The first-order valence-corrected chi connectivity index (χ1v) is 5.80. The predicted molar refractivity (Wildman–Crippen MR) is 68.3 cm³/mol. The molecular formula is C12H5BrFNO3. The van der Waals surface area contributed by atoms with Gasteiger partial charge in [0.1, 0.15) is 5.82 Å². The summed E-state index contributed by atoms with van der Waals surface area (Å²) in [5, 5.41) is 1.48. The topological polar surface area (TPSA) is 63.1 Å². The van der Waals surface area contributed by atoms with Crippen LogP contribution in [0.4, 0.5) is 4.39 Å². The third-order valence-electron chi connectivity index (χ3n) is 2.66. The summed E-state index contributed by atoms with van der Waals surface area (Å²) in [7, 11) is 0. The summed E-state index contributed by atoms with van der Waals surface area (Å²) in [5.74, 6) is -1.23. The summed E-state index contributed by atoms with van der Waals surface area (Å²) in [5.41, 5.74) is -0.374. The van der Waals surface area contributed by atoms with Crippen LogP contribution in [0.5, 0.6) is 0 Å². The summed E-state index contributed by atoms with van der Waals surface area (Å²) < 4.78 is 18.1. The predicted octanol–water partition coefficient (Wildman–Crippen LogP) is 2.54. The van der Waals surface area contributed by atoms with Gasteiger partial charge in [0.05, 0.1) is 15.4 Å². The number of H-pyrrole nitrogens is 1. The molecule has 1 aromatic heterocycles. The van der Waals surface area contributed by atoms with Crippen molar-refractivity contribution in [2.75, 3.05) is 0 Å². The molecule has 4 nitrogen and oxygen atoms in total. The Morgan fingerprint density at radius 1 is 1.11 bits per heavy atom. The smallest absolute Gasteiger partial charge is 0.372 e. The van der Waals surface area contributed by atoms with Crippen LogP contribution < -0.4 is 11.4 Å². The summed E-state index contributed by atoms with van der Waals surface area (Å²) in [6, 6.07) is 5.98. The highest BCUT2D eigenvalue weighted by atomic mass is 79.9. The first-order valence-electron chi connectivity index (χ1n) is 5.00. The van der Waals surface area contributed by atoms with Crippen molar-refractivity contribution in [3.63, 3.8) is 0 Å². The zero-order chi connectivity index (χ0) is 12.9. The van der Waals surface area contributed by atoms with Crippen molar-refractivity contribution < 1.29 is 8.81 Å². The van der Waals surface area contributed by atoms with Crippen LogP contribution in [0.15, 0.2) is 42.7 Å². The fourth-order valence-corrected chi connectivity index (χ4v) is 2.20. The number of hydrogen-bond donors (Lipinski definition) is 1. The van der Waals surface area contributed by atoms with Crippen molar-refractivity contribution in [2.45, 2.75) is 0 Å². The Morgan fingerprint density at radius 3 is 2.61 bits per heavy atom. The molecular weight excluding hydrogens is 305 g/mol. The number of hydrogen-bond acceptors (Lipinski definition) is 3. The molecule has 1 N–H and O–H groups in total. The van der Waals surface area contributed by atoms with Gasteiger partial charge in [-0.15, -0.1) is 0 Å². The molecule has 1 heterocycles. The van der Waals surface area contributed by atoms with E-state index in [0.717, 1.165) is 0 Å². The number of aromatic amines is 1. The van der Waals surface area contributed by atoms with Crippen LogP contribution >= 0.6 is 15.9 Å². The van der Waals surface area contributed by atoms with Gasteiger partial charge in [-0.2, -0.15) is 0 Å². The van der Waals surface area contributed by atoms with Gasteiger partial charge in [-0.25, -0.2) is 14.0 Å². The molecule has 0 aliphatic rings. The second-order valence-corrected chi connectivity index (χ2v) is 4.67. The van der Waals surface area contributed by atoms with Crippen LogP contribution in [0.2, 0.25) is 0 Å². The number of nitrogens with one attached hydrogen (secondary N) is 1. The van der Waals surface area contributed by atoms with Crippen LogP contribution in [0.1, 0.15) is 0 Å². The molecule has 0 aliphatic carbocycles. The van der Waals surface area contributed by atoms with Crippen molar-refractivity contribution in [3.05, 3.63) is 55.5 Å². The maximum absolute atomic E-state index is 13.4. The molecule has 0 amide bonds. The minimum absolute atomic E-state index is 0.212. The van der Waals surface area contributed by atoms with Crippen molar-refractivity contribution in [1.29, 1.82) is 0 Å². The van der Waals surface area contributed by atoms with Crippen molar-refractivity contribution in [2.24, 2.45) is 0 Å². The molecule has 18 heavy (non-hydrogen) atoms. The fourth-order valence-electron chi connectivity index (χ4n) is 1.84. The highest BCUT2D eigenvalue weighted by Crippen LogP contribution is 2.25. The third kappa shape index (κ3) is 1.65. The second-order valence-electron chi connectivity index (χ2n) is 3.81. The number of rotatable bonds is 0. The molecule has 0 atom stereocenters. The maximum atomic E-state index is 13.4. The first kappa shape index (κ1) is 11.2. The molecule has 3 rings (SSSR count). The highest BCUT2D eigenvalue weighted by Gasteiger charge is 2.07. The highest BCUT2D eigenvalue weighted by molar-refractivity contribution is 9.10. The third-order valence-corrected chi connectivity index (χ3v) is 3.27. The van der Waals surface area contributed by atoms with Gasteiger partial charge in [0, 0.05) is 0 Å². The van der Waals surface area contributed by atoms with Gasteiger partial charge in [0.25, 0.3) is 0 Å². The van der Waals surface area contributed by atoms with Crippen molar-refractivity contribution in [1.82, 2.24) is 4.98 Å². The minimum atomic E-state index is -0.812. The number of halogens is 2. The van der Waals surface area contributed by atoms with E-state index in [1.807, 2.05) is 0 Å². The molecule has 6 heteroatoms. The molecule has 2 aromatic carbocycles. The van der Waals surface area contributed by atoms with Crippen molar-refractivity contribution in [3.8, 4) is 0 Å². The summed E-state index contributed by atoms with van der Waals surface area (Å²) in [6.45, 7) is 0. The molecule has 3 aromatic rings. The second kappa shape index (κ2) is 3.78. The Bertz CT molecular complexity index is 897. The number of benzene rings is 2. The summed E-state index contributed by atoms with van der Waals surface area (Å²) >= 11 is 3.08. The maximum Gasteiger partial charge on any atom is 0.419 e. The van der Waals surface area contributed by atoms with Crippen LogP contribution in [-0.2, 0) is 0 Å². The zero-order valence-electron chi connectivity index (χ0n) is 8.79. The molecule has 0 saturated carbocycles. The number of fused-ring (bicyclic) bond motifs is 2. The van der Waals surface area contributed by atoms with Crippen LogP contribution in [0.25, 0.3) is 21.7 Å². The van der Waals surface area contributed by atoms with E-state index in [2.05, 4.69) is 25.3 Å². The van der Waals surface area contributed by atoms with E-state index in [0.29, 0.717) is 20.8 Å². The number of aromatic nitrogens is 1. The van der Waals surface area contributed by atoms with Gasteiger partial charge in [-0.3, -0.25) is 4.98 Å². The standard InChI is InChI=1S/C12H5BrFNO3/c13-8-2-6-4-10-7(1-5(6)3-9(8)14)11(16)18-12(17)15-10/h1-4H,(H,15,17). The van der Waals surface area contributed by atoms with Gasteiger partial charge in [0.2, 0.25) is 0 Å². The Balaban J connectivity index is 2.55. The van der Waals surface area contributed by atoms with E-state index in [1.54, 1.807) is 12.1 Å². The Morgan fingerprint density at radius 2 is 1.83 bits per heavy atom. The first-order chi connectivity index (χ1) is 8.54. The minimum Gasteiger partial charge on any atom is -0.372 e. The normalized spacial score (nSPS) is 11.2. The Labute approximate surface area is 107 Å². The molecule has 0 unspecified atom stereocenters. The van der Waals surface area contributed by atoms with Gasteiger partial charge in [-0.1, -0.05) is 0 Å². The van der Waals surface area contributed by atoms with E-state index < -0.39 is 17.2 Å². The van der Waals surface area contributed by atoms with Crippen molar-refractivity contribution >= 4 is 37.6 Å². The van der Waals surface area contributed by atoms with Crippen LogP contribution in [-0.4, -0.2) is 4.98 Å². The van der Waals surface area contributed by atoms with Gasteiger partial charge in [0.15, 0.2) is 0 Å². The van der Waals surface area contributed by atoms with Gasteiger partial charge >= 0.3 is 11.4 Å². The molecule has 0 aliphatic heterocycles. The lowest BCUT2D eigenvalue weighted by Crippen LogP contribution is -2.14. The average Bonchev–Trinajstić information content (AvgIpc) is 2.29. The lowest BCUT2D eigenvalue weighted by molar-refractivity contribution is 0.460. The molecule has 0 radical (unpaired) electrons. The Kier molecular flexibility index (Phi) is 2.34. The molecule has 0 fully saturated rings. The summed E-state index contributed by atoms with van der Waals surface area (Å²) in [6.07, 6.45) is 0. The molecule has 90 valence electrons. The average molecular weight is 310 g/mol. The molecule has 0 saturated heterocycles. The quantitative estimate of drug-likeness (QED) is 0.649.